The molecule has 1 N–H and O–H groups in total. The van der Waals surface area contributed by atoms with Crippen LogP contribution in [0.1, 0.15) is 67.0 Å². The highest BCUT2D eigenvalue weighted by Crippen LogP contribution is 2.45. The third-order valence-corrected chi connectivity index (χ3v) is 8.85. The number of aryl methyl sites for hydroxylation is 2. The van der Waals surface area contributed by atoms with Gasteiger partial charge in [0.2, 0.25) is 0 Å². The molecule has 2 atom stereocenters. The lowest BCUT2D eigenvalue weighted by Crippen LogP contribution is -2.29. The molecular weight excluding hydrogens is 548 g/mol. The van der Waals surface area contributed by atoms with E-state index in [1.165, 1.54) is 16.2 Å². The summed E-state index contributed by atoms with van der Waals surface area (Å²) in [6.07, 6.45) is 3.93. The monoisotopic (exact) mass is 582 g/mol. The highest BCUT2D eigenvalue weighted by molar-refractivity contribution is 7.22. The Balaban J connectivity index is 1.45. The van der Waals surface area contributed by atoms with Gasteiger partial charge in [-0.1, -0.05) is 49.3 Å². The molecule has 1 fully saturated rings. The van der Waals surface area contributed by atoms with E-state index < -0.39 is 17.7 Å². The number of nitrogens with zero attached hydrogens (tertiary/aromatic N) is 2. The van der Waals surface area contributed by atoms with Crippen LogP contribution in [-0.2, 0) is 16.0 Å². The van der Waals surface area contributed by atoms with Gasteiger partial charge in [0, 0.05) is 12.0 Å². The van der Waals surface area contributed by atoms with E-state index in [4.69, 9.17) is 14.5 Å². The van der Waals surface area contributed by atoms with Gasteiger partial charge in [-0.3, -0.25) is 14.5 Å². The summed E-state index contributed by atoms with van der Waals surface area (Å²) < 4.78 is 12.7. The van der Waals surface area contributed by atoms with Crippen LogP contribution >= 0.6 is 11.3 Å². The standard InChI is InChI=1S/C34H34N2O5S/c1-5-6-7-14-40-25-11-8-22(9-12-25)30-28(31(37)23-10-13-26-24(18-23)17-21(4)41-26)32(38)33(39)36(30)34-35-29-20(3)15-19(2)16-27(29)42-34/h8-13,15-16,18,21,30,37H,5-7,14,17H2,1-4H3/b31-28+/t21-,30-/m1/s1. The number of anilines is 1. The summed E-state index contributed by atoms with van der Waals surface area (Å²) in [6, 6.07) is 16.0. The highest BCUT2D eigenvalue weighted by atomic mass is 32.1. The number of hydrogen-bond donors (Lipinski definition) is 1. The third-order valence-electron chi connectivity index (χ3n) is 7.85. The summed E-state index contributed by atoms with van der Waals surface area (Å²) in [6.45, 7) is 8.77. The predicted molar refractivity (Wildman–Crippen MR) is 166 cm³/mol. The summed E-state index contributed by atoms with van der Waals surface area (Å²) in [5.41, 5.74) is 5.04. The first-order chi connectivity index (χ1) is 20.2. The molecule has 1 aromatic heterocycles. The number of benzene rings is 3. The lowest BCUT2D eigenvalue weighted by molar-refractivity contribution is -0.132. The number of carbonyl (C=O) groups is 2. The molecular formula is C34H34N2O5S. The SMILES string of the molecule is CCCCCOc1ccc([C@@H]2/C(=C(\O)c3ccc4c(c3)C[C@@H](C)O4)C(=O)C(=O)N2c2nc3c(C)cc(C)cc3s2)cc1. The number of unbranched alkanes of at least 4 members (excludes halogenated alkanes) is 2. The summed E-state index contributed by atoms with van der Waals surface area (Å²) >= 11 is 1.37. The van der Waals surface area contributed by atoms with Gasteiger partial charge in [-0.2, -0.15) is 0 Å². The van der Waals surface area contributed by atoms with Crippen molar-refractivity contribution in [3.63, 3.8) is 0 Å². The Morgan fingerprint density at radius 1 is 1.10 bits per heavy atom. The minimum absolute atomic E-state index is 0.0377. The van der Waals surface area contributed by atoms with Crippen LogP contribution in [-0.4, -0.2) is 34.5 Å². The Labute approximate surface area is 249 Å². The van der Waals surface area contributed by atoms with Crippen molar-refractivity contribution in [2.75, 3.05) is 11.5 Å². The molecule has 216 valence electrons. The van der Waals surface area contributed by atoms with Crippen molar-refractivity contribution >= 4 is 44.1 Å². The van der Waals surface area contributed by atoms with Crippen molar-refractivity contribution < 1.29 is 24.2 Å². The van der Waals surface area contributed by atoms with Crippen molar-refractivity contribution in [3.05, 3.63) is 88.0 Å². The number of fused-ring (bicyclic) bond motifs is 2. The molecule has 7 nitrogen and oxygen atoms in total. The van der Waals surface area contributed by atoms with Gasteiger partial charge in [0.25, 0.3) is 5.78 Å². The maximum atomic E-state index is 13.7. The Bertz CT molecular complexity index is 1720. The Hall–Kier alpha value is -4.17. The largest absolute Gasteiger partial charge is 0.507 e. The number of Topliss-reactive ketones (excluding diaryl/α,β-unsaturated/α-hetero) is 1. The Morgan fingerprint density at radius 3 is 2.64 bits per heavy atom. The maximum Gasteiger partial charge on any atom is 0.301 e. The van der Waals surface area contributed by atoms with E-state index in [2.05, 4.69) is 13.0 Å². The van der Waals surface area contributed by atoms with Crippen LogP contribution in [0.15, 0.2) is 60.2 Å². The molecule has 2 aliphatic heterocycles. The van der Waals surface area contributed by atoms with Gasteiger partial charge in [-0.15, -0.1) is 0 Å². The molecule has 3 heterocycles. The van der Waals surface area contributed by atoms with Crippen LogP contribution in [0.3, 0.4) is 0 Å². The number of aliphatic hydroxyl groups is 1. The fourth-order valence-corrected chi connectivity index (χ4v) is 6.99. The predicted octanol–water partition coefficient (Wildman–Crippen LogP) is 7.43. The lowest BCUT2D eigenvalue weighted by atomic mass is 9.94. The fourth-order valence-electron chi connectivity index (χ4n) is 5.82. The number of aromatic nitrogens is 1. The van der Waals surface area contributed by atoms with Crippen molar-refractivity contribution in [1.29, 1.82) is 0 Å². The van der Waals surface area contributed by atoms with Crippen LogP contribution in [0, 0.1) is 13.8 Å². The van der Waals surface area contributed by atoms with E-state index in [0.717, 1.165) is 51.9 Å². The molecule has 0 unspecified atom stereocenters. The molecule has 8 heteroatoms. The first-order valence-electron chi connectivity index (χ1n) is 14.5. The second kappa shape index (κ2) is 11.2. The van der Waals surface area contributed by atoms with E-state index in [1.54, 1.807) is 6.07 Å². The Morgan fingerprint density at radius 2 is 1.88 bits per heavy atom. The number of hydrogen-bond acceptors (Lipinski definition) is 7. The van der Waals surface area contributed by atoms with Crippen LogP contribution < -0.4 is 14.4 Å². The number of ether oxygens (including phenoxy) is 2. The van der Waals surface area contributed by atoms with E-state index in [-0.39, 0.29) is 17.4 Å². The second-order valence-electron chi connectivity index (χ2n) is 11.2. The number of amides is 1. The average molecular weight is 583 g/mol. The topological polar surface area (TPSA) is 89.0 Å². The Kier molecular flexibility index (Phi) is 7.49. The molecule has 0 radical (unpaired) electrons. The minimum atomic E-state index is -0.857. The van der Waals surface area contributed by atoms with Gasteiger partial charge in [0.1, 0.15) is 23.4 Å². The number of thiazole rings is 1. The second-order valence-corrected chi connectivity index (χ2v) is 12.2. The van der Waals surface area contributed by atoms with E-state index in [1.807, 2.05) is 63.2 Å². The molecule has 0 bridgehead atoms. The number of rotatable bonds is 8. The zero-order valence-corrected chi connectivity index (χ0v) is 25.1. The molecule has 0 saturated carbocycles. The van der Waals surface area contributed by atoms with Gasteiger partial charge in [-0.25, -0.2) is 4.98 Å². The van der Waals surface area contributed by atoms with E-state index in [9.17, 15) is 14.7 Å². The zero-order chi connectivity index (χ0) is 29.5. The summed E-state index contributed by atoms with van der Waals surface area (Å²) in [7, 11) is 0. The summed E-state index contributed by atoms with van der Waals surface area (Å²) in [5, 5.41) is 12.1. The van der Waals surface area contributed by atoms with Gasteiger partial charge >= 0.3 is 5.91 Å². The van der Waals surface area contributed by atoms with Crippen LogP contribution in [0.5, 0.6) is 11.5 Å². The third kappa shape index (κ3) is 5.04. The molecule has 1 saturated heterocycles. The molecule has 1 amide bonds. The van der Waals surface area contributed by atoms with E-state index in [0.29, 0.717) is 35.0 Å². The highest BCUT2D eigenvalue weighted by Gasteiger charge is 2.48. The van der Waals surface area contributed by atoms with Gasteiger partial charge in [0.05, 0.1) is 28.4 Å². The van der Waals surface area contributed by atoms with Crippen molar-refractivity contribution in [3.8, 4) is 11.5 Å². The molecule has 42 heavy (non-hydrogen) atoms. The quantitative estimate of drug-likeness (QED) is 0.101. The molecule has 4 aromatic rings. The normalized spacial score (nSPS) is 19.4. The fraction of sp³-hybridized carbons (Fsp3) is 0.324. The summed E-state index contributed by atoms with van der Waals surface area (Å²) in [4.78, 5) is 33.7. The van der Waals surface area contributed by atoms with E-state index >= 15 is 0 Å². The number of carbonyl (C=O) groups excluding carboxylic acids is 2. The first kappa shape index (κ1) is 28.0. The smallest absolute Gasteiger partial charge is 0.301 e. The van der Waals surface area contributed by atoms with Gasteiger partial charge < -0.3 is 14.6 Å². The molecule has 6 rings (SSSR count). The van der Waals surface area contributed by atoms with Crippen molar-refractivity contribution in [2.24, 2.45) is 0 Å². The van der Waals surface area contributed by atoms with Gasteiger partial charge in [-0.05, 0) is 85.8 Å². The summed E-state index contributed by atoms with van der Waals surface area (Å²) in [5.74, 6) is -0.185. The average Bonchev–Trinajstić information content (AvgIpc) is 3.63. The molecule has 0 aliphatic carbocycles. The lowest BCUT2D eigenvalue weighted by Gasteiger charge is -2.23. The molecule has 2 aliphatic rings. The van der Waals surface area contributed by atoms with Crippen LogP contribution in [0.25, 0.3) is 16.0 Å². The van der Waals surface area contributed by atoms with Crippen molar-refractivity contribution in [2.45, 2.75) is 65.5 Å². The van der Waals surface area contributed by atoms with Crippen molar-refractivity contribution in [1.82, 2.24) is 4.98 Å². The van der Waals surface area contributed by atoms with Gasteiger partial charge in [0.15, 0.2) is 5.13 Å². The minimum Gasteiger partial charge on any atom is -0.507 e. The van der Waals surface area contributed by atoms with Crippen LogP contribution in [0.2, 0.25) is 0 Å². The molecule has 0 spiro atoms. The maximum absolute atomic E-state index is 13.7. The number of ketones is 1. The zero-order valence-electron chi connectivity index (χ0n) is 24.3. The first-order valence-corrected chi connectivity index (χ1v) is 15.3. The molecule has 3 aromatic carbocycles. The van der Waals surface area contributed by atoms with Crippen LogP contribution in [0.4, 0.5) is 5.13 Å². The number of aliphatic hydroxyl groups excluding tert-OH is 1.